The highest BCUT2D eigenvalue weighted by Gasteiger charge is 2.05. The fourth-order valence-corrected chi connectivity index (χ4v) is 1.92. The van der Waals surface area contributed by atoms with Crippen molar-refractivity contribution in [2.24, 2.45) is 5.92 Å². The molecule has 0 unspecified atom stereocenters. The summed E-state index contributed by atoms with van der Waals surface area (Å²) in [5.74, 6) is 1.54. The highest BCUT2D eigenvalue weighted by atomic mass is 15.3. The zero-order valence-corrected chi connectivity index (χ0v) is 11.8. The van der Waals surface area contributed by atoms with E-state index < -0.39 is 0 Å². The van der Waals surface area contributed by atoms with Crippen LogP contribution in [0.1, 0.15) is 31.1 Å². The number of hydrogen-bond acceptors (Lipinski definition) is 4. The molecule has 2 heterocycles. The molecule has 5 nitrogen and oxygen atoms in total. The van der Waals surface area contributed by atoms with E-state index in [9.17, 15) is 0 Å². The number of pyridine rings is 1. The van der Waals surface area contributed by atoms with Crippen LogP contribution in [0.25, 0.3) is 0 Å². The van der Waals surface area contributed by atoms with Gasteiger partial charge in [-0.05, 0) is 25.0 Å². The predicted molar refractivity (Wildman–Crippen MR) is 74.4 cm³/mol. The molecule has 0 amide bonds. The van der Waals surface area contributed by atoms with Crippen LogP contribution in [0.4, 0.5) is 0 Å². The maximum Gasteiger partial charge on any atom is 0.140 e. The van der Waals surface area contributed by atoms with Gasteiger partial charge in [0.15, 0.2) is 0 Å². The summed E-state index contributed by atoms with van der Waals surface area (Å²) in [7, 11) is 0. The van der Waals surface area contributed by atoms with Crippen molar-refractivity contribution in [2.75, 3.05) is 0 Å². The minimum absolute atomic E-state index is 0.568. The Kier molecular flexibility index (Phi) is 4.63. The Morgan fingerprint density at radius 1 is 1.26 bits per heavy atom. The van der Waals surface area contributed by atoms with Crippen molar-refractivity contribution in [1.29, 1.82) is 0 Å². The first kappa shape index (κ1) is 13.7. The molecule has 19 heavy (non-hydrogen) atoms. The van der Waals surface area contributed by atoms with Crippen LogP contribution in [-0.2, 0) is 19.6 Å². The van der Waals surface area contributed by atoms with Crippen LogP contribution in [0.3, 0.4) is 0 Å². The van der Waals surface area contributed by atoms with Crippen molar-refractivity contribution in [2.45, 2.75) is 40.4 Å². The van der Waals surface area contributed by atoms with Gasteiger partial charge in [-0.25, -0.2) is 9.67 Å². The SMILES string of the molecule is Cc1cccc(CNCc2ncnn2CC(C)C)n1. The van der Waals surface area contributed by atoms with Crippen molar-refractivity contribution in [3.63, 3.8) is 0 Å². The topological polar surface area (TPSA) is 55.6 Å². The van der Waals surface area contributed by atoms with E-state index in [4.69, 9.17) is 0 Å². The zero-order chi connectivity index (χ0) is 13.7. The summed E-state index contributed by atoms with van der Waals surface area (Å²) in [6.07, 6.45) is 1.62. The molecule has 0 aliphatic carbocycles. The normalized spacial score (nSPS) is 11.2. The standard InChI is InChI=1S/C14H21N5/c1-11(2)9-19-14(16-10-17-19)8-15-7-13-6-4-5-12(3)18-13/h4-6,10-11,15H,7-9H2,1-3H3. The Morgan fingerprint density at radius 3 is 2.84 bits per heavy atom. The molecule has 5 heteroatoms. The van der Waals surface area contributed by atoms with Crippen LogP contribution in [0.15, 0.2) is 24.5 Å². The zero-order valence-electron chi connectivity index (χ0n) is 11.8. The molecule has 1 N–H and O–H groups in total. The molecule has 0 radical (unpaired) electrons. The summed E-state index contributed by atoms with van der Waals surface area (Å²) in [6, 6.07) is 6.06. The van der Waals surface area contributed by atoms with Gasteiger partial charge in [0.1, 0.15) is 12.2 Å². The highest BCUT2D eigenvalue weighted by Crippen LogP contribution is 2.02. The molecule has 2 aromatic heterocycles. The van der Waals surface area contributed by atoms with Crippen molar-refractivity contribution in [3.05, 3.63) is 41.7 Å². The monoisotopic (exact) mass is 259 g/mol. The van der Waals surface area contributed by atoms with E-state index in [0.29, 0.717) is 12.5 Å². The van der Waals surface area contributed by atoms with E-state index in [0.717, 1.165) is 30.3 Å². The molecule has 0 bridgehead atoms. The van der Waals surface area contributed by atoms with E-state index in [-0.39, 0.29) is 0 Å². The summed E-state index contributed by atoms with van der Waals surface area (Å²) in [5.41, 5.74) is 2.09. The third kappa shape index (κ3) is 4.13. The third-order valence-electron chi connectivity index (χ3n) is 2.77. The first-order valence-electron chi connectivity index (χ1n) is 6.65. The van der Waals surface area contributed by atoms with Gasteiger partial charge in [0.05, 0.1) is 12.2 Å². The summed E-state index contributed by atoms with van der Waals surface area (Å²) in [6.45, 7) is 8.71. The van der Waals surface area contributed by atoms with Crippen molar-refractivity contribution < 1.29 is 0 Å². The molecular weight excluding hydrogens is 238 g/mol. The molecule has 0 aliphatic rings. The predicted octanol–water partition coefficient (Wildman–Crippen LogP) is 1.93. The van der Waals surface area contributed by atoms with Crippen LogP contribution >= 0.6 is 0 Å². The lowest BCUT2D eigenvalue weighted by atomic mass is 10.2. The van der Waals surface area contributed by atoms with Crippen molar-refractivity contribution in [1.82, 2.24) is 25.1 Å². The van der Waals surface area contributed by atoms with Gasteiger partial charge in [0.2, 0.25) is 0 Å². The second kappa shape index (κ2) is 6.43. The van der Waals surface area contributed by atoms with Crippen LogP contribution in [0.2, 0.25) is 0 Å². The van der Waals surface area contributed by atoms with Crippen LogP contribution < -0.4 is 5.32 Å². The Morgan fingerprint density at radius 2 is 2.11 bits per heavy atom. The van der Waals surface area contributed by atoms with E-state index in [1.165, 1.54) is 0 Å². The Hall–Kier alpha value is -1.75. The van der Waals surface area contributed by atoms with Gasteiger partial charge >= 0.3 is 0 Å². The fourth-order valence-electron chi connectivity index (χ4n) is 1.92. The number of aromatic nitrogens is 4. The number of nitrogens with one attached hydrogen (secondary N) is 1. The second-order valence-electron chi connectivity index (χ2n) is 5.13. The molecule has 2 aromatic rings. The van der Waals surface area contributed by atoms with Gasteiger partial charge in [-0.1, -0.05) is 19.9 Å². The van der Waals surface area contributed by atoms with E-state index >= 15 is 0 Å². The van der Waals surface area contributed by atoms with E-state index in [2.05, 4.69) is 34.2 Å². The number of nitrogens with zero attached hydrogens (tertiary/aromatic N) is 4. The van der Waals surface area contributed by atoms with E-state index in [1.807, 2.05) is 29.8 Å². The Balaban J connectivity index is 1.87. The number of hydrogen-bond donors (Lipinski definition) is 1. The first-order chi connectivity index (χ1) is 9.15. The average molecular weight is 259 g/mol. The third-order valence-corrected chi connectivity index (χ3v) is 2.77. The highest BCUT2D eigenvalue weighted by molar-refractivity contribution is 5.09. The van der Waals surface area contributed by atoms with Crippen LogP contribution in [0, 0.1) is 12.8 Å². The summed E-state index contributed by atoms with van der Waals surface area (Å²) in [4.78, 5) is 8.74. The summed E-state index contributed by atoms with van der Waals surface area (Å²) >= 11 is 0. The van der Waals surface area contributed by atoms with Gasteiger partial charge in [-0.3, -0.25) is 4.98 Å². The quantitative estimate of drug-likeness (QED) is 0.861. The fraction of sp³-hybridized carbons (Fsp3) is 0.500. The average Bonchev–Trinajstić information content (AvgIpc) is 2.76. The molecule has 0 saturated heterocycles. The molecule has 0 spiro atoms. The molecule has 0 atom stereocenters. The molecule has 0 aliphatic heterocycles. The smallest absolute Gasteiger partial charge is 0.140 e. The first-order valence-corrected chi connectivity index (χ1v) is 6.65. The van der Waals surface area contributed by atoms with Crippen LogP contribution in [0.5, 0.6) is 0 Å². The van der Waals surface area contributed by atoms with Crippen LogP contribution in [-0.4, -0.2) is 19.7 Å². The number of aryl methyl sites for hydroxylation is 1. The molecule has 0 saturated carbocycles. The second-order valence-corrected chi connectivity index (χ2v) is 5.13. The maximum atomic E-state index is 4.46. The molecular formula is C14H21N5. The summed E-state index contributed by atoms with van der Waals surface area (Å²) in [5, 5.41) is 7.61. The van der Waals surface area contributed by atoms with Gasteiger partial charge in [0.25, 0.3) is 0 Å². The minimum Gasteiger partial charge on any atom is -0.304 e. The van der Waals surface area contributed by atoms with Gasteiger partial charge < -0.3 is 5.32 Å². The van der Waals surface area contributed by atoms with Gasteiger partial charge in [0, 0.05) is 18.8 Å². The lowest BCUT2D eigenvalue weighted by molar-refractivity contribution is 0.457. The number of rotatable bonds is 6. The molecule has 2 rings (SSSR count). The largest absolute Gasteiger partial charge is 0.304 e. The van der Waals surface area contributed by atoms with Crippen molar-refractivity contribution >= 4 is 0 Å². The van der Waals surface area contributed by atoms with E-state index in [1.54, 1.807) is 6.33 Å². The molecule has 102 valence electrons. The van der Waals surface area contributed by atoms with Gasteiger partial charge in [-0.2, -0.15) is 5.10 Å². The lowest BCUT2D eigenvalue weighted by Crippen LogP contribution is -2.19. The Bertz CT molecular complexity index is 518. The lowest BCUT2D eigenvalue weighted by Gasteiger charge is -2.09. The minimum atomic E-state index is 0.568. The summed E-state index contributed by atoms with van der Waals surface area (Å²) < 4.78 is 1.96. The van der Waals surface area contributed by atoms with Crippen molar-refractivity contribution in [3.8, 4) is 0 Å². The molecule has 0 aromatic carbocycles. The van der Waals surface area contributed by atoms with Gasteiger partial charge in [-0.15, -0.1) is 0 Å². The molecule has 0 fully saturated rings. The maximum absolute atomic E-state index is 4.46. The Labute approximate surface area is 114 Å².